The molecular formula is C14H22N4O. The van der Waals surface area contributed by atoms with Gasteiger partial charge in [0.15, 0.2) is 0 Å². The number of piperazine rings is 1. The average molecular weight is 262 g/mol. The molecule has 0 aromatic heterocycles. The Morgan fingerprint density at radius 1 is 1.37 bits per heavy atom. The fourth-order valence-corrected chi connectivity index (χ4v) is 2.32. The molecule has 2 atom stereocenters. The number of nitrogens with one attached hydrogen (secondary N) is 1. The first-order valence-electron chi connectivity index (χ1n) is 6.72. The van der Waals surface area contributed by atoms with Gasteiger partial charge in [0, 0.05) is 26.2 Å². The van der Waals surface area contributed by atoms with Crippen LogP contribution in [0, 0.1) is 23.7 Å². The summed E-state index contributed by atoms with van der Waals surface area (Å²) in [5.41, 5.74) is 0. The Morgan fingerprint density at radius 2 is 1.95 bits per heavy atom. The lowest BCUT2D eigenvalue weighted by molar-refractivity contribution is -0.126. The number of nitrogens with zero attached hydrogens (tertiary/aromatic N) is 3. The number of hydrogen-bond acceptors (Lipinski definition) is 4. The smallest absolute Gasteiger partial charge is 0.237 e. The molecule has 5 heteroatoms. The molecule has 0 aliphatic carbocycles. The molecule has 5 nitrogen and oxygen atoms in total. The van der Waals surface area contributed by atoms with Crippen LogP contribution in [0.2, 0.25) is 0 Å². The Hall–Kier alpha value is -1.56. The molecule has 1 N–H and O–H groups in total. The minimum Gasteiger partial charge on any atom is -0.344 e. The van der Waals surface area contributed by atoms with Gasteiger partial charge in [-0.3, -0.25) is 14.6 Å². The lowest BCUT2D eigenvalue weighted by atomic mass is 10.1. The number of carbonyl (C=O) groups excluding carboxylic acids is 1. The van der Waals surface area contributed by atoms with E-state index in [9.17, 15) is 4.79 Å². The van der Waals surface area contributed by atoms with E-state index in [1.807, 2.05) is 13.8 Å². The summed E-state index contributed by atoms with van der Waals surface area (Å²) >= 11 is 0. The number of rotatable bonds is 5. The number of terminal acetylenes is 1. The Kier molecular flexibility index (Phi) is 6.35. The summed E-state index contributed by atoms with van der Waals surface area (Å²) < 4.78 is 0. The van der Waals surface area contributed by atoms with Crippen LogP contribution in [0.1, 0.15) is 20.3 Å². The molecule has 1 fully saturated rings. The molecule has 1 amide bonds. The quantitative estimate of drug-likeness (QED) is 0.711. The first-order valence-corrected chi connectivity index (χ1v) is 6.72. The third kappa shape index (κ3) is 4.24. The third-order valence-electron chi connectivity index (χ3n) is 3.62. The van der Waals surface area contributed by atoms with Gasteiger partial charge in [0.25, 0.3) is 0 Å². The fourth-order valence-electron chi connectivity index (χ4n) is 2.32. The topological polar surface area (TPSA) is 59.4 Å². The van der Waals surface area contributed by atoms with E-state index in [1.165, 1.54) is 0 Å². The molecule has 1 aliphatic rings. The van der Waals surface area contributed by atoms with Gasteiger partial charge in [-0.15, -0.1) is 6.42 Å². The zero-order valence-corrected chi connectivity index (χ0v) is 11.7. The van der Waals surface area contributed by atoms with E-state index in [2.05, 4.69) is 27.1 Å². The van der Waals surface area contributed by atoms with Crippen molar-refractivity contribution < 1.29 is 4.79 Å². The second-order valence-corrected chi connectivity index (χ2v) is 4.72. The Morgan fingerprint density at radius 3 is 2.42 bits per heavy atom. The molecule has 0 saturated carbocycles. The molecule has 1 rings (SSSR count). The second-order valence-electron chi connectivity index (χ2n) is 4.72. The minimum absolute atomic E-state index is 0.00674. The van der Waals surface area contributed by atoms with Crippen LogP contribution < -0.4 is 5.32 Å². The fraction of sp³-hybridized carbons (Fsp3) is 0.714. The predicted molar refractivity (Wildman–Crippen MR) is 74.1 cm³/mol. The van der Waals surface area contributed by atoms with Gasteiger partial charge in [0.05, 0.1) is 24.7 Å². The largest absolute Gasteiger partial charge is 0.344 e. The Bertz CT molecular complexity index is 374. The summed E-state index contributed by atoms with van der Waals surface area (Å²) in [4.78, 5) is 16.1. The molecule has 0 spiro atoms. The molecule has 0 radical (unpaired) electrons. The van der Waals surface area contributed by atoms with Crippen molar-refractivity contribution in [2.24, 2.45) is 0 Å². The maximum absolute atomic E-state index is 11.8. The highest BCUT2D eigenvalue weighted by atomic mass is 16.2. The van der Waals surface area contributed by atoms with Crippen molar-refractivity contribution in [3.63, 3.8) is 0 Å². The summed E-state index contributed by atoms with van der Waals surface area (Å²) in [6.45, 7) is 7.47. The maximum atomic E-state index is 11.8. The van der Waals surface area contributed by atoms with Gasteiger partial charge in [-0.05, 0) is 13.3 Å². The van der Waals surface area contributed by atoms with Crippen molar-refractivity contribution in [2.45, 2.75) is 32.4 Å². The summed E-state index contributed by atoms with van der Waals surface area (Å²) in [5, 5.41) is 11.8. The van der Waals surface area contributed by atoms with Crippen LogP contribution in [0.4, 0.5) is 0 Å². The lowest BCUT2D eigenvalue weighted by Gasteiger charge is -2.38. The monoisotopic (exact) mass is 262 g/mol. The van der Waals surface area contributed by atoms with E-state index in [0.29, 0.717) is 0 Å². The number of hydrogen-bond donors (Lipinski definition) is 1. The first-order chi connectivity index (χ1) is 9.13. The standard InChI is InChI=1S/C14H22N4O/c1-4-6-16-14(19)12(3)17-7-9-18(10-8-17)13(5-2)11-15/h1,12-13H,5-10H2,2-3H3,(H,16,19). The number of nitriles is 1. The Labute approximate surface area is 115 Å². The van der Waals surface area contributed by atoms with Gasteiger partial charge in [-0.1, -0.05) is 12.8 Å². The average Bonchev–Trinajstić information content (AvgIpc) is 2.46. The summed E-state index contributed by atoms with van der Waals surface area (Å²) in [5.74, 6) is 2.37. The highest BCUT2D eigenvalue weighted by Gasteiger charge is 2.27. The molecule has 1 saturated heterocycles. The van der Waals surface area contributed by atoms with Crippen molar-refractivity contribution in [1.29, 1.82) is 5.26 Å². The summed E-state index contributed by atoms with van der Waals surface area (Å²) in [6, 6.07) is 2.15. The Balaban J connectivity index is 2.43. The first kappa shape index (κ1) is 15.5. The van der Waals surface area contributed by atoms with E-state index < -0.39 is 0 Å². The normalized spacial score (nSPS) is 20.0. The molecule has 0 bridgehead atoms. The third-order valence-corrected chi connectivity index (χ3v) is 3.62. The number of amides is 1. The van der Waals surface area contributed by atoms with Crippen LogP contribution in [-0.2, 0) is 4.79 Å². The van der Waals surface area contributed by atoms with Crippen LogP contribution in [0.15, 0.2) is 0 Å². The van der Waals surface area contributed by atoms with Gasteiger partial charge in [0.1, 0.15) is 0 Å². The van der Waals surface area contributed by atoms with Crippen LogP contribution >= 0.6 is 0 Å². The van der Waals surface area contributed by atoms with Crippen LogP contribution in [-0.4, -0.2) is 60.5 Å². The van der Waals surface area contributed by atoms with Crippen molar-refractivity contribution in [1.82, 2.24) is 15.1 Å². The van der Waals surface area contributed by atoms with Crippen molar-refractivity contribution in [3.8, 4) is 18.4 Å². The number of carbonyl (C=O) groups is 1. The summed E-state index contributed by atoms with van der Waals surface area (Å²) in [7, 11) is 0. The zero-order chi connectivity index (χ0) is 14.3. The van der Waals surface area contributed by atoms with Crippen LogP contribution in [0.3, 0.4) is 0 Å². The predicted octanol–water partition coefficient (Wildman–Crippen LogP) is 0.0441. The molecule has 1 heterocycles. The van der Waals surface area contributed by atoms with E-state index in [-0.39, 0.29) is 24.5 Å². The molecule has 104 valence electrons. The molecular weight excluding hydrogens is 240 g/mol. The molecule has 19 heavy (non-hydrogen) atoms. The highest BCUT2D eigenvalue weighted by molar-refractivity contribution is 5.81. The molecule has 1 aliphatic heterocycles. The maximum Gasteiger partial charge on any atom is 0.237 e. The van der Waals surface area contributed by atoms with Gasteiger partial charge in [-0.2, -0.15) is 5.26 Å². The van der Waals surface area contributed by atoms with Gasteiger partial charge >= 0.3 is 0 Å². The minimum atomic E-state index is -0.169. The van der Waals surface area contributed by atoms with Gasteiger partial charge in [0.2, 0.25) is 5.91 Å². The van der Waals surface area contributed by atoms with Crippen molar-refractivity contribution in [2.75, 3.05) is 32.7 Å². The van der Waals surface area contributed by atoms with E-state index in [0.717, 1.165) is 32.6 Å². The van der Waals surface area contributed by atoms with E-state index in [1.54, 1.807) is 0 Å². The highest BCUT2D eigenvalue weighted by Crippen LogP contribution is 2.11. The SMILES string of the molecule is C#CCNC(=O)C(C)N1CCN(C(C#N)CC)CC1. The van der Waals surface area contributed by atoms with Crippen LogP contribution in [0.5, 0.6) is 0 Å². The molecule has 0 aromatic rings. The van der Waals surface area contributed by atoms with Gasteiger partial charge < -0.3 is 5.32 Å². The van der Waals surface area contributed by atoms with Crippen molar-refractivity contribution in [3.05, 3.63) is 0 Å². The van der Waals surface area contributed by atoms with Crippen molar-refractivity contribution >= 4 is 5.91 Å². The lowest BCUT2D eigenvalue weighted by Crippen LogP contribution is -2.55. The zero-order valence-electron chi connectivity index (χ0n) is 11.7. The van der Waals surface area contributed by atoms with E-state index in [4.69, 9.17) is 11.7 Å². The van der Waals surface area contributed by atoms with Gasteiger partial charge in [-0.25, -0.2) is 0 Å². The second kappa shape index (κ2) is 7.78. The van der Waals surface area contributed by atoms with Crippen LogP contribution in [0.25, 0.3) is 0 Å². The van der Waals surface area contributed by atoms with E-state index >= 15 is 0 Å². The molecule has 2 unspecified atom stereocenters. The summed E-state index contributed by atoms with van der Waals surface area (Å²) in [6.07, 6.45) is 5.96. The molecule has 0 aromatic carbocycles.